The first-order valence-electron chi connectivity index (χ1n) is 6.04. The van der Waals surface area contributed by atoms with Crippen LogP contribution >= 0.6 is 11.6 Å². The smallest absolute Gasteiger partial charge is 0.326 e. The highest BCUT2D eigenvalue weighted by Crippen LogP contribution is 2.32. The third-order valence-corrected chi connectivity index (χ3v) is 3.57. The first-order valence-corrected chi connectivity index (χ1v) is 6.42. The zero-order chi connectivity index (χ0) is 14.0. The number of halogens is 1. The number of carboxylic acids is 1. The van der Waals surface area contributed by atoms with E-state index >= 15 is 0 Å². The van der Waals surface area contributed by atoms with Crippen molar-refractivity contribution >= 4 is 29.3 Å². The number of carbonyl (C=O) groups is 2. The van der Waals surface area contributed by atoms with Crippen LogP contribution in [0.2, 0.25) is 5.02 Å². The molecule has 1 saturated carbocycles. The third-order valence-electron chi connectivity index (χ3n) is 3.16. The second kappa shape index (κ2) is 5.48. The summed E-state index contributed by atoms with van der Waals surface area (Å²) >= 11 is 5.95. The lowest BCUT2D eigenvalue weighted by Crippen LogP contribution is -2.44. The predicted molar refractivity (Wildman–Crippen MR) is 72.5 cm³/mol. The molecule has 1 aromatic carbocycles. The van der Waals surface area contributed by atoms with Crippen molar-refractivity contribution < 1.29 is 14.7 Å². The Kier molecular flexibility index (Phi) is 3.95. The molecular weight excluding hydrogens is 268 g/mol. The highest BCUT2D eigenvalue weighted by molar-refractivity contribution is 6.31. The summed E-state index contributed by atoms with van der Waals surface area (Å²) in [5, 5.41) is 14.7. The number of carbonyl (C=O) groups excluding carboxylic acids is 1. The minimum atomic E-state index is -1.000. The molecule has 1 aliphatic carbocycles. The van der Waals surface area contributed by atoms with E-state index in [1.165, 1.54) is 0 Å². The number of carboxylic acid groups (broad SMARTS) is 1. The molecule has 0 aliphatic heterocycles. The fourth-order valence-electron chi connectivity index (χ4n) is 1.85. The molecule has 1 atom stereocenters. The molecule has 1 unspecified atom stereocenters. The van der Waals surface area contributed by atoms with Crippen LogP contribution in [0.1, 0.15) is 18.4 Å². The second-order valence-electron chi connectivity index (χ2n) is 4.66. The molecule has 0 radical (unpaired) electrons. The van der Waals surface area contributed by atoms with Gasteiger partial charge >= 0.3 is 12.0 Å². The molecule has 5 nitrogen and oxygen atoms in total. The van der Waals surface area contributed by atoms with Crippen LogP contribution in [0, 0.1) is 12.8 Å². The fourth-order valence-corrected chi connectivity index (χ4v) is 2.03. The topological polar surface area (TPSA) is 78.4 Å². The molecule has 19 heavy (non-hydrogen) atoms. The van der Waals surface area contributed by atoms with Crippen LogP contribution in [0.4, 0.5) is 10.5 Å². The molecule has 102 valence electrons. The maximum absolute atomic E-state index is 11.8. The summed E-state index contributed by atoms with van der Waals surface area (Å²) in [5.74, 6) is -0.954. The fraction of sp³-hybridized carbons (Fsp3) is 0.385. The molecular formula is C13H15ClN2O3. The molecule has 0 aromatic heterocycles. The summed E-state index contributed by atoms with van der Waals surface area (Å²) < 4.78 is 0. The van der Waals surface area contributed by atoms with Gasteiger partial charge in [-0.05, 0) is 43.4 Å². The van der Waals surface area contributed by atoms with Gasteiger partial charge in [-0.25, -0.2) is 9.59 Å². The number of aliphatic carboxylic acids is 1. The summed E-state index contributed by atoms with van der Waals surface area (Å²) in [6.45, 7) is 1.79. The van der Waals surface area contributed by atoms with Crippen molar-refractivity contribution in [3.63, 3.8) is 0 Å². The molecule has 3 N–H and O–H groups in total. The number of nitrogens with one attached hydrogen (secondary N) is 2. The Labute approximate surface area is 116 Å². The zero-order valence-corrected chi connectivity index (χ0v) is 11.2. The Morgan fingerprint density at radius 2 is 2.11 bits per heavy atom. The summed E-state index contributed by atoms with van der Waals surface area (Å²) in [6, 6.07) is 3.82. The van der Waals surface area contributed by atoms with E-state index in [1.54, 1.807) is 25.1 Å². The Morgan fingerprint density at radius 3 is 2.68 bits per heavy atom. The van der Waals surface area contributed by atoms with Gasteiger partial charge < -0.3 is 15.7 Å². The van der Waals surface area contributed by atoms with Crippen molar-refractivity contribution in [2.45, 2.75) is 25.8 Å². The van der Waals surface area contributed by atoms with Crippen LogP contribution in [0.5, 0.6) is 0 Å². The van der Waals surface area contributed by atoms with Crippen molar-refractivity contribution in [2.75, 3.05) is 5.32 Å². The van der Waals surface area contributed by atoms with Gasteiger partial charge in [0.05, 0.1) is 0 Å². The van der Waals surface area contributed by atoms with Crippen molar-refractivity contribution in [1.82, 2.24) is 5.32 Å². The minimum Gasteiger partial charge on any atom is -0.480 e. The number of amides is 2. The number of anilines is 1. The van der Waals surface area contributed by atoms with Gasteiger partial charge in [-0.3, -0.25) is 0 Å². The minimum absolute atomic E-state index is 0.0451. The molecule has 2 rings (SSSR count). The quantitative estimate of drug-likeness (QED) is 0.794. The lowest BCUT2D eigenvalue weighted by molar-refractivity contribution is -0.139. The Balaban J connectivity index is 2.00. The molecule has 2 amide bonds. The van der Waals surface area contributed by atoms with Crippen LogP contribution < -0.4 is 10.6 Å². The van der Waals surface area contributed by atoms with Crippen LogP contribution in [0.25, 0.3) is 0 Å². The predicted octanol–water partition coefficient (Wildman–Crippen LogP) is 2.63. The van der Waals surface area contributed by atoms with Crippen molar-refractivity contribution in [1.29, 1.82) is 0 Å². The average molecular weight is 283 g/mol. The molecule has 6 heteroatoms. The summed E-state index contributed by atoms with van der Waals surface area (Å²) in [6.07, 6.45) is 1.68. The van der Waals surface area contributed by atoms with Gasteiger partial charge in [-0.2, -0.15) is 0 Å². The second-order valence-corrected chi connectivity index (χ2v) is 5.07. The van der Waals surface area contributed by atoms with Crippen LogP contribution in [-0.4, -0.2) is 23.1 Å². The number of rotatable bonds is 4. The van der Waals surface area contributed by atoms with E-state index in [9.17, 15) is 9.59 Å². The monoisotopic (exact) mass is 282 g/mol. The molecule has 1 aliphatic rings. The Hall–Kier alpha value is -1.75. The number of hydrogen-bond donors (Lipinski definition) is 3. The van der Waals surface area contributed by atoms with Crippen LogP contribution in [0.3, 0.4) is 0 Å². The van der Waals surface area contributed by atoms with Gasteiger partial charge in [-0.15, -0.1) is 0 Å². The molecule has 0 saturated heterocycles. The largest absolute Gasteiger partial charge is 0.480 e. The molecule has 0 heterocycles. The number of hydrogen-bond acceptors (Lipinski definition) is 2. The van der Waals surface area contributed by atoms with Gasteiger partial charge in [-0.1, -0.05) is 17.7 Å². The number of benzene rings is 1. The van der Waals surface area contributed by atoms with E-state index < -0.39 is 18.0 Å². The Morgan fingerprint density at radius 1 is 1.42 bits per heavy atom. The van der Waals surface area contributed by atoms with E-state index in [1.807, 2.05) is 0 Å². The van der Waals surface area contributed by atoms with Gasteiger partial charge in [0.15, 0.2) is 0 Å². The average Bonchev–Trinajstić information content (AvgIpc) is 3.16. The summed E-state index contributed by atoms with van der Waals surface area (Å²) in [5.41, 5.74) is 1.32. The standard InChI is InChI=1S/C13H15ClN2O3/c1-7-9(14)3-2-4-10(7)15-13(19)16-11(12(17)18)8-5-6-8/h2-4,8,11H,5-6H2,1H3,(H,17,18)(H2,15,16,19). The van der Waals surface area contributed by atoms with Crippen LogP contribution in [0.15, 0.2) is 18.2 Å². The SMILES string of the molecule is Cc1c(Cl)cccc1NC(=O)NC(C(=O)O)C1CC1. The lowest BCUT2D eigenvalue weighted by atomic mass is 10.2. The van der Waals surface area contributed by atoms with Crippen molar-refractivity contribution in [3.05, 3.63) is 28.8 Å². The summed E-state index contributed by atoms with van der Waals surface area (Å²) in [7, 11) is 0. The maximum Gasteiger partial charge on any atom is 0.326 e. The number of urea groups is 1. The first kappa shape index (κ1) is 13.7. The van der Waals surface area contributed by atoms with Crippen molar-refractivity contribution in [3.8, 4) is 0 Å². The highest BCUT2D eigenvalue weighted by Gasteiger charge is 2.37. The lowest BCUT2D eigenvalue weighted by Gasteiger charge is -2.15. The van der Waals surface area contributed by atoms with Gasteiger partial charge in [0.25, 0.3) is 0 Å². The normalized spacial score (nSPS) is 15.7. The van der Waals surface area contributed by atoms with Crippen molar-refractivity contribution in [2.24, 2.45) is 5.92 Å². The molecule has 0 spiro atoms. The van der Waals surface area contributed by atoms with E-state index in [0.717, 1.165) is 18.4 Å². The molecule has 1 aromatic rings. The zero-order valence-electron chi connectivity index (χ0n) is 10.4. The molecule has 0 bridgehead atoms. The highest BCUT2D eigenvalue weighted by atomic mass is 35.5. The van der Waals surface area contributed by atoms with Gasteiger partial charge in [0, 0.05) is 10.7 Å². The van der Waals surface area contributed by atoms with Gasteiger partial charge in [0.2, 0.25) is 0 Å². The van der Waals surface area contributed by atoms with E-state index in [-0.39, 0.29) is 5.92 Å². The van der Waals surface area contributed by atoms with E-state index in [0.29, 0.717) is 10.7 Å². The first-order chi connectivity index (χ1) is 8.99. The van der Waals surface area contributed by atoms with Crippen LogP contribution in [-0.2, 0) is 4.79 Å². The Bertz CT molecular complexity index is 515. The van der Waals surface area contributed by atoms with E-state index in [2.05, 4.69) is 10.6 Å². The van der Waals surface area contributed by atoms with E-state index in [4.69, 9.17) is 16.7 Å². The summed E-state index contributed by atoms with van der Waals surface area (Å²) in [4.78, 5) is 22.8. The molecule has 1 fully saturated rings. The third kappa shape index (κ3) is 3.38. The maximum atomic E-state index is 11.8. The van der Waals surface area contributed by atoms with Gasteiger partial charge in [0.1, 0.15) is 6.04 Å².